The molecule has 0 saturated carbocycles. The number of carbonyl (C=O) groups excluding carboxylic acids is 4. The van der Waals surface area contributed by atoms with E-state index in [2.05, 4.69) is 26.6 Å². The van der Waals surface area contributed by atoms with Crippen molar-refractivity contribution in [2.24, 2.45) is 0 Å². The monoisotopic (exact) mass is 568 g/mol. The number of anilines is 4. The van der Waals surface area contributed by atoms with E-state index in [1.807, 2.05) is 54.4 Å². The largest absolute Gasteiger partial charge is 0.444 e. The summed E-state index contributed by atoms with van der Waals surface area (Å²) in [4.78, 5) is 49.7. The molecule has 2 aromatic carbocycles. The molecule has 0 fully saturated rings. The van der Waals surface area contributed by atoms with Crippen LogP contribution in [0.1, 0.15) is 41.5 Å². The van der Waals surface area contributed by atoms with E-state index in [9.17, 15) is 19.2 Å². The van der Waals surface area contributed by atoms with Gasteiger partial charge in [0.05, 0.1) is 22.7 Å². The standard InChI is InChI=1S/C15H21N3O3.C14H19N3O3/c1-15(2,3)21-14(20)17-11-9-18(4)12-8-6-5-7-10(12)16-13(11)19;1-14(2,3)20-13(19)17-11-8-15-9-6-4-5-7-10(9)16-12(11)18/h5-8,11H,9H2,1-4H3,(H,16,19)(H,17,20);4-7,11,15H,8H2,1-3H3,(H,16,18)(H,17,19)/t2*11-/m00/s1. The van der Waals surface area contributed by atoms with E-state index in [-0.39, 0.29) is 11.8 Å². The molecule has 5 N–H and O–H groups in total. The van der Waals surface area contributed by atoms with Gasteiger partial charge in [-0.15, -0.1) is 0 Å². The fraction of sp³-hybridized carbons (Fsp3) is 0.448. The number of ether oxygens (including phenoxy) is 2. The molecule has 0 bridgehead atoms. The minimum atomic E-state index is -0.683. The van der Waals surface area contributed by atoms with Crippen LogP contribution in [0.15, 0.2) is 48.5 Å². The zero-order valence-electron chi connectivity index (χ0n) is 24.6. The summed E-state index contributed by atoms with van der Waals surface area (Å²) in [6.45, 7) is 11.3. The average molecular weight is 569 g/mol. The topological polar surface area (TPSA) is 150 Å². The Kier molecular flexibility index (Phi) is 9.69. The van der Waals surface area contributed by atoms with Gasteiger partial charge in [0, 0.05) is 20.1 Å². The van der Waals surface area contributed by atoms with E-state index in [4.69, 9.17) is 9.47 Å². The number of fused-ring (bicyclic) bond motifs is 2. The van der Waals surface area contributed by atoms with Crippen molar-refractivity contribution in [2.45, 2.75) is 64.8 Å². The molecule has 41 heavy (non-hydrogen) atoms. The Balaban J connectivity index is 0.000000226. The highest BCUT2D eigenvalue weighted by atomic mass is 16.6. The number of nitrogens with one attached hydrogen (secondary N) is 5. The summed E-state index contributed by atoms with van der Waals surface area (Å²) in [7, 11) is 1.88. The first kappa shape index (κ1) is 31.1. The second-order valence-electron chi connectivity index (χ2n) is 11.7. The number of hydrogen-bond acceptors (Lipinski definition) is 8. The fourth-order valence-electron chi connectivity index (χ4n) is 3.99. The van der Waals surface area contributed by atoms with Crippen LogP contribution < -0.4 is 31.5 Å². The van der Waals surface area contributed by atoms with Gasteiger partial charge >= 0.3 is 12.2 Å². The molecule has 2 aliphatic rings. The highest BCUT2D eigenvalue weighted by Gasteiger charge is 2.29. The number of likely N-dealkylation sites (N-methyl/N-ethyl adjacent to an activating group) is 1. The average Bonchev–Trinajstić information content (AvgIpc) is 3.07. The maximum Gasteiger partial charge on any atom is 0.408 e. The minimum Gasteiger partial charge on any atom is -0.444 e. The van der Waals surface area contributed by atoms with Crippen LogP contribution in [0.3, 0.4) is 0 Å². The second-order valence-corrected chi connectivity index (χ2v) is 11.7. The summed E-state index contributed by atoms with van der Waals surface area (Å²) >= 11 is 0. The summed E-state index contributed by atoms with van der Waals surface area (Å²) < 4.78 is 10.3. The summed E-state index contributed by atoms with van der Waals surface area (Å²) in [6, 6.07) is 13.5. The van der Waals surface area contributed by atoms with E-state index < -0.39 is 35.5 Å². The van der Waals surface area contributed by atoms with Gasteiger partial charge < -0.3 is 41.0 Å². The number of amides is 4. The van der Waals surface area contributed by atoms with E-state index in [1.165, 1.54) is 0 Å². The molecule has 4 rings (SSSR count). The summed E-state index contributed by atoms with van der Waals surface area (Å²) in [5.41, 5.74) is 1.99. The quantitative estimate of drug-likeness (QED) is 0.366. The smallest absolute Gasteiger partial charge is 0.408 e. The molecule has 12 heteroatoms. The normalized spacial score (nSPS) is 18.3. The number of carbonyl (C=O) groups is 4. The van der Waals surface area contributed by atoms with Crippen molar-refractivity contribution in [3.05, 3.63) is 48.5 Å². The first-order valence-corrected chi connectivity index (χ1v) is 13.3. The van der Waals surface area contributed by atoms with Crippen molar-refractivity contribution in [1.82, 2.24) is 10.6 Å². The van der Waals surface area contributed by atoms with Crippen molar-refractivity contribution >= 4 is 46.8 Å². The highest BCUT2D eigenvalue weighted by Crippen LogP contribution is 2.27. The third kappa shape index (κ3) is 9.59. The lowest BCUT2D eigenvalue weighted by Crippen LogP contribution is -2.49. The molecule has 2 aliphatic heterocycles. The molecule has 2 heterocycles. The molecule has 2 atom stereocenters. The molecule has 0 radical (unpaired) electrons. The molecule has 0 aliphatic carbocycles. The van der Waals surface area contributed by atoms with Crippen LogP contribution in [0.2, 0.25) is 0 Å². The molecule has 0 unspecified atom stereocenters. The van der Waals surface area contributed by atoms with Crippen LogP contribution in [0.4, 0.5) is 32.3 Å². The lowest BCUT2D eigenvalue weighted by molar-refractivity contribution is -0.118. The predicted molar refractivity (Wildman–Crippen MR) is 158 cm³/mol. The fourth-order valence-corrected chi connectivity index (χ4v) is 3.99. The predicted octanol–water partition coefficient (Wildman–Crippen LogP) is 3.91. The van der Waals surface area contributed by atoms with Gasteiger partial charge in [0.25, 0.3) is 0 Å². The van der Waals surface area contributed by atoms with Gasteiger partial charge in [-0.05, 0) is 65.8 Å². The number of para-hydroxylation sites is 4. The van der Waals surface area contributed by atoms with Gasteiger partial charge in [0.15, 0.2) is 0 Å². The number of benzene rings is 2. The van der Waals surface area contributed by atoms with Crippen molar-refractivity contribution in [2.75, 3.05) is 41.0 Å². The Morgan fingerprint density at radius 1 is 0.756 bits per heavy atom. The molecular weight excluding hydrogens is 528 g/mol. The summed E-state index contributed by atoms with van der Waals surface area (Å²) in [5.74, 6) is -0.522. The number of hydrogen-bond donors (Lipinski definition) is 5. The Morgan fingerprint density at radius 3 is 1.80 bits per heavy atom. The Labute approximate surface area is 240 Å². The molecule has 4 amide bonds. The zero-order valence-corrected chi connectivity index (χ0v) is 24.6. The SMILES string of the molecule is CC(C)(C)OC(=O)N[C@H]1CNc2ccccc2NC1=O.CN1C[C@H](NC(=O)OC(C)(C)C)C(=O)Nc2ccccc21. The number of rotatable bonds is 2. The first-order valence-electron chi connectivity index (χ1n) is 13.3. The van der Waals surface area contributed by atoms with Crippen molar-refractivity contribution < 1.29 is 28.7 Å². The lowest BCUT2D eigenvalue weighted by Gasteiger charge is -2.24. The molecule has 2 aromatic rings. The Morgan fingerprint density at radius 2 is 1.22 bits per heavy atom. The van der Waals surface area contributed by atoms with Crippen LogP contribution in [0, 0.1) is 0 Å². The van der Waals surface area contributed by atoms with Crippen LogP contribution in [-0.4, -0.2) is 67.4 Å². The Hall–Kier alpha value is -4.48. The van der Waals surface area contributed by atoms with E-state index in [1.54, 1.807) is 47.6 Å². The van der Waals surface area contributed by atoms with Crippen LogP contribution in [0.5, 0.6) is 0 Å². The van der Waals surface area contributed by atoms with Gasteiger partial charge in [-0.2, -0.15) is 0 Å². The molecule has 0 aromatic heterocycles. The van der Waals surface area contributed by atoms with E-state index >= 15 is 0 Å². The summed E-state index contributed by atoms with van der Waals surface area (Å²) in [5, 5.41) is 13.9. The molecule has 0 saturated heterocycles. The van der Waals surface area contributed by atoms with Crippen LogP contribution >= 0.6 is 0 Å². The maximum atomic E-state index is 12.2. The van der Waals surface area contributed by atoms with Gasteiger partial charge in [-0.1, -0.05) is 24.3 Å². The molecule has 0 spiro atoms. The Bertz CT molecular complexity index is 1270. The zero-order chi connectivity index (χ0) is 30.4. The maximum absolute atomic E-state index is 12.2. The molecular formula is C29H40N6O6. The molecule has 12 nitrogen and oxygen atoms in total. The number of alkyl carbamates (subject to hydrolysis) is 2. The van der Waals surface area contributed by atoms with Gasteiger partial charge in [0.2, 0.25) is 11.8 Å². The van der Waals surface area contributed by atoms with Crippen molar-refractivity contribution in [3.8, 4) is 0 Å². The van der Waals surface area contributed by atoms with E-state index in [0.29, 0.717) is 18.8 Å². The van der Waals surface area contributed by atoms with Gasteiger partial charge in [-0.3, -0.25) is 9.59 Å². The van der Waals surface area contributed by atoms with Crippen LogP contribution in [0.25, 0.3) is 0 Å². The van der Waals surface area contributed by atoms with Crippen LogP contribution in [-0.2, 0) is 19.1 Å². The van der Waals surface area contributed by atoms with Gasteiger partial charge in [0.1, 0.15) is 23.3 Å². The van der Waals surface area contributed by atoms with Gasteiger partial charge in [-0.25, -0.2) is 9.59 Å². The highest BCUT2D eigenvalue weighted by molar-refractivity contribution is 6.01. The lowest BCUT2D eigenvalue weighted by atomic mass is 10.2. The van der Waals surface area contributed by atoms with Crippen molar-refractivity contribution in [3.63, 3.8) is 0 Å². The molecule has 222 valence electrons. The number of nitrogens with zero attached hydrogens (tertiary/aromatic N) is 1. The van der Waals surface area contributed by atoms with Crippen molar-refractivity contribution in [1.29, 1.82) is 0 Å². The minimum absolute atomic E-state index is 0.252. The summed E-state index contributed by atoms with van der Waals surface area (Å²) in [6.07, 6.45) is -1.20. The first-order chi connectivity index (χ1) is 19.1. The third-order valence-corrected chi connectivity index (χ3v) is 5.73. The second kappa shape index (κ2) is 12.8. The van der Waals surface area contributed by atoms with E-state index in [0.717, 1.165) is 17.1 Å². The third-order valence-electron chi connectivity index (χ3n) is 5.73.